The highest BCUT2D eigenvalue weighted by Crippen LogP contribution is 2.42. The van der Waals surface area contributed by atoms with Gasteiger partial charge in [-0.15, -0.1) is 0 Å². The van der Waals surface area contributed by atoms with Crippen molar-refractivity contribution in [3.8, 4) is 0 Å². The van der Waals surface area contributed by atoms with Crippen molar-refractivity contribution in [3.05, 3.63) is 29.8 Å². The highest BCUT2D eigenvalue weighted by molar-refractivity contribution is 5.18. The van der Waals surface area contributed by atoms with E-state index < -0.39 is 0 Å². The first-order valence-electron chi connectivity index (χ1n) is 6.92. The summed E-state index contributed by atoms with van der Waals surface area (Å²) in [6, 6.07) is 1.63. The van der Waals surface area contributed by atoms with Gasteiger partial charge in [0, 0.05) is 6.20 Å². The third kappa shape index (κ3) is 2.89. The zero-order valence-corrected chi connectivity index (χ0v) is 11.3. The fourth-order valence-electron chi connectivity index (χ4n) is 3.19. The molecule has 1 aromatic rings. The minimum atomic E-state index is -0.241. The Morgan fingerprint density at radius 2 is 2.17 bits per heavy atom. The quantitative estimate of drug-likeness (QED) is 0.893. The Morgan fingerprint density at radius 3 is 2.78 bits per heavy atom. The second kappa shape index (κ2) is 5.79. The third-order valence-corrected chi connectivity index (χ3v) is 4.43. The van der Waals surface area contributed by atoms with Crippen molar-refractivity contribution in [1.82, 2.24) is 4.98 Å². The molecule has 3 atom stereocenters. The summed E-state index contributed by atoms with van der Waals surface area (Å²) in [6.07, 6.45) is 6.59. The van der Waals surface area contributed by atoms with Crippen LogP contribution in [0.2, 0.25) is 0 Å². The zero-order chi connectivity index (χ0) is 13.1. The number of halogens is 1. The first-order valence-corrected chi connectivity index (χ1v) is 6.92. The molecule has 0 amide bonds. The van der Waals surface area contributed by atoms with Gasteiger partial charge in [0.15, 0.2) is 0 Å². The van der Waals surface area contributed by atoms with E-state index in [1.165, 1.54) is 12.6 Å². The first kappa shape index (κ1) is 13.5. The molecule has 0 aliphatic heterocycles. The summed E-state index contributed by atoms with van der Waals surface area (Å²) in [4.78, 5) is 3.98. The predicted molar refractivity (Wildman–Crippen MR) is 71.7 cm³/mol. The lowest BCUT2D eigenvalue weighted by Crippen LogP contribution is -2.30. The number of nitrogens with zero attached hydrogens (tertiary/aromatic N) is 1. The molecule has 1 heterocycles. The van der Waals surface area contributed by atoms with Crippen molar-refractivity contribution in [2.45, 2.75) is 39.0 Å². The molecule has 1 aliphatic rings. The lowest BCUT2D eigenvalue weighted by molar-refractivity contribution is 0.197. The fraction of sp³-hybridized carbons (Fsp3) is 0.667. The van der Waals surface area contributed by atoms with Gasteiger partial charge in [-0.1, -0.05) is 13.8 Å². The van der Waals surface area contributed by atoms with Crippen LogP contribution in [0, 0.1) is 23.6 Å². The van der Waals surface area contributed by atoms with Crippen molar-refractivity contribution in [2.24, 2.45) is 23.5 Å². The SMILES string of the molecule is CC(C)C1CCC(CN)C(c2cncc(F)c2)C1. The van der Waals surface area contributed by atoms with E-state index in [0.717, 1.165) is 24.3 Å². The van der Waals surface area contributed by atoms with Gasteiger partial charge in [-0.3, -0.25) is 4.98 Å². The molecule has 18 heavy (non-hydrogen) atoms. The summed E-state index contributed by atoms with van der Waals surface area (Å²) in [5.41, 5.74) is 6.90. The van der Waals surface area contributed by atoms with Crippen LogP contribution in [-0.4, -0.2) is 11.5 Å². The maximum Gasteiger partial charge on any atom is 0.141 e. The molecule has 1 fully saturated rings. The summed E-state index contributed by atoms with van der Waals surface area (Å²) in [7, 11) is 0. The summed E-state index contributed by atoms with van der Waals surface area (Å²) >= 11 is 0. The van der Waals surface area contributed by atoms with Crippen LogP contribution in [0.5, 0.6) is 0 Å². The number of pyridine rings is 1. The molecule has 0 aromatic carbocycles. The molecule has 2 rings (SSSR count). The summed E-state index contributed by atoms with van der Waals surface area (Å²) in [5, 5.41) is 0. The average molecular weight is 250 g/mol. The van der Waals surface area contributed by atoms with Crippen molar-refractivity contribution >= 4 is 0 Å². The Hall–Kier alpha value is -0.960. The second-order valence-electron chi connectivity index (χ2n) is 5.86. The van der Waals surface area contributed by atoms with E-state index in [4.69, 9.17) is 5.73 Å². The van der Waals surface area contributed by atoms with Crippen LogP contribution in [0.3, 0.4) is 0 Å². The van der Waals surface area contributed by atoms with Gasteiger partial charge in [-0.25, -0.2) is 4.39 Å². The minimum absolute atomic E-state index is 0.241. The number of hydrogen-bond acceptors (Lipinski definition) is 2. The van der Waals surface area contributed by atoms with Gasteiger partial charge in [0.25, 0.3) is 0 Å². The van der Waals surface area contributed by atoms with Crippen LogP contribution >= 0.6 is 0 Å². The minimum Gasteiger partial charge on any atom is -0.330 e. The van der Waals surface area contributed by atoms with E-state index in [2.05, 4.69) is 18.8 Å². The van der Waals surface area contributed by atoms with Gasteiger partial charge >= 0.3 is 0 Å². The van der Waals surface area contributed by atoms with Crippen molar-refractivity contribution in [2.75, 3.05) is 6.54 Å². The van der Waals surface area contributed by atoms with Crippen LogP contribution in [0.4, 0.5) is 4.39 Å². The Balaban J connectivity index is 2.20. The van der Waals surface area contributed by atoms with E-state index in [1.54, 1.807) is 12.3 Å². The second-order valence-corrected chi connectivity index (χ2v) is 5.86. The molecule has 3 unspecified atom stereocenters. The number of rotatable bonds is 3. The molecule has 0 radical (unpaired) electrons. The third-order valence-electron chi connectivity index (χ3n) is 4.43. The predicted octanol–water partition coefficient (Wildman–Crippen LogP) is 3.34. The largest absolute Gasteiger partial charge is 0.330 e. The van der Waals surface area contributed by atoms with Gasteiger partial charge in [0.05, 0.1) is 6.20 Å². The van der Waals surface area contributed by atoms with Crippen LogP contribution in [0.15, 0.2) is 18.5 Å². The van der Waals surface area contributed by atoms with E-state index >= 15 is 0 Å². The molecule has 3 heteroatoms. The van der Waals surface area contributed by atoms with Crippen LogP contribution in [0.25, 0.3) is 0 Å². The molecule has 1 saturated carbocycles. The van der Waals surface area contributed by atoms with E-state index in [0.29, 0.717) is 24.3 Å². The first-order chi connectivity index (χ1) is 8.61. The molecule has 0 bridgehead atoms. The van der Waals surface area contributed by atoms with E-state index in [9.17, 15) is 4.39 Å². The molecular weight excluding hydrogens is 227 g/mol. The van der Waals surface area contributed by atoms with Crippen LogP contribution < -0.4 is 5.73 Å². The topological polar surface area (TPSA) is 38.9 Å². The van der Waals surface area contributed by atoms with Crippen LogP contribution in [-0.2, 0) is 0 Å². The lowest BCUT2D eigenvalue weighted by atomic mass is 9.68. The Kier molecular flexibility index (Phi) is 4.33. The monoisotopic (exact) mass is 250 g/mol. The number of aromatic nitrogens is 1. The van der Waals surface area contributed by atoms with Gasteiger partial charge in [-0.2, -0.15) is 0 Å². The molecule has 0 saturated heterocycles. The number of nitrogens with two attached hydrogens (primary N) is 1. The molecule has 2 N–H and O–H groups in total. The average Bonchev–Trinajstić information content (AvgIpc) is 2.38. The van der Waals surface area contributed by atoms with Crippen molar-refractivity contribution in [1.29, 1.82) is 0 Å². The highest BCUT2D eigenvalue weighted by atomic mass is 19.1. The highest BCUT2D eigenvalue weighted by Gasteiger charge is 2.32. The summed E-state index contributed by atoms with van der Waals surface area (Å²) < 4.78 is 13.3. The maximum absolute atomic E-state index is 13.3. The van der Waals surface area contributed by atoms with Crippen molar-refractivity contribution in [3.63, 3.8) is 0 Å². The van der Waals surface area contributed by atoms with Crippen LogP contribution in [0.1, 0.15) is 44.6 Å². The standard InChI is InChI=1S/C15H23FN2/c1-10(2)11-3-4-12(7-17)15(6-11)13-5-14(16)9-18-8-13/h5,8-12,15H,3-4,6-7,17H2,1-2H3. The normalized spacial score (nSPS) is 28.6. The molecule has 1 aliphatic carbocycles. The van der Waals surface area contributed by atoms with Gasteiger partial charge in [0.2, 0.25) is 0 Å². The lowest BCUT2D eigenvalue weighted by Gasteiger charge is -2.37. The summed E-state index contributed by atoms with van der Waals surface area (Å²) in [5.74, 6) is 2.02. The van der Waals surface area contributed by atoms with E-state index in [1.807, 2.05) is 0 Å². The molecule has 1 aromatic heterocycles. The molecular formula is C15H23FN2. The van der Waals surface area contributed by atoms with Gasteiger partial charge in [0.1, 0.15) is 5.82 Å². The molecule has 0 spiro atoms. The zero-order valence-electron chi connectivity index (χ0n) is 11.3. The van der Waals surface area contributed by atoms with E-state index in [-0.39, 0.29) is 5.82 Å². The van der Waals surface area contributed by atoms with Crippen molar-refractivity contribution < 1.29 is 4.39 Å². The Morgan fingerprint density at radius 1 is 1.39 bits per heavy atom. The molecule has 100 valence electrons. The smallest absolute Gasteiger partial charge is 0.141 e. The van der Waals surface area contributed by atoms with Gasteiger partial charge < -0.3 is 5.73 Å². The molecule has 2 nitrogen and oxygen atoms in total. The maximum atomic E-state index is 13.3. The number of hydrogen-bond donors (Lipinski definition) is 1. The Bertz CT molecular complexity index is 392. The summed E-state index contributed by atoms with van der Waals surface area (Å²) in [6.45, 7) is 5.23. The van der Waals surface area contributed by atoms with Gasteiger partial charge in [-0.05, 0) is 61.1 Å². The Labute approximate surface area is 109 Å². The fourth-order valence-corrected chi connectivity index (χ4v) is 3.19.